The molecule has 0 aliphatic heterocycles. The fourth-order valence-corrected chi connectivity index (χ4v) is 13.4. The fraction of sp³-hybridized carbons (Fsp3) is 0.630. The van der Waals surface area contributed by atoms with Crippen molar-refractivity contribution in [2.24, 2.45) is 0 Å². The highest BCUT2D eigenvalue weighted by atomic mass is 32.1. The molecule has 0 spiro atoms. The maximum absolute atomic E-state index is 2.73. The second-order valence-electron chi connectivity index (χ2n) is 18.0. The maximum atomic E-state index is 2.73. The monoisotopic (exact) mass is 791 g/mol. The summed E-state index contributed by atoms with van der Waals surface area (Å²) >= 11 is 4.25. The van der Waals surface area contributed by atoms with Crippen LogP contribution in [0.25, 0.3) is 30.6 Å². The summed E-state index contributed by atoms with van der Waals surface area (Å²) in [6, 6.07) is 24.7. The van der Waals surface area contributed by atoms with E-state index in [1.807, 2.05) is 0 Å². The lowest BCUT2D eigenvalue weighted by Crippen LogP contribution is -2.25. The van der Waals surface area contributed by atoms with Crippen molar-refractivity contribution < 1.29 is 0 Å². The van der Waals surface area contributed by atoms with Gasteiger partial charge < -0.3 is 0 Å². The van der Waals surface area contributed by atoms with Crippen LogP contribution in [0.3, 0.4) is 0 Å². The molecule has 2 heteroatoms. The van der Waals surface area contributed by atoms with E-state index in [4.69, 9.17) is 0 Å². The average Bonchev–Trinajstić information content (AvgIpc) is 3.98. The molecule has 6 rings (SSSR count). The van der Waals surface area contributed by atoms with Crippen LogP contribution in [0.5, 0.6) is 0 Å². The van der Waals surface area contributed by atoms with Gasteiger partial charge in [0.2, 0.25) is 0 Å². The van der Waals surface area contributed by atoms with Crippen LogP contribution in [0.2, 0.25) is 0 Å². The van der Waals surface area contributed by atoms with E-state index in [1.165, 1.54) is 190 Å². The molecular formula is C54H78S2. The van der Waals surface area contributed by atoms with Gasteiger partial charge in [0.05, 0.1) is 0 Å². The van der Waals surface area contributed by atoms with E-state index in [0.29, 0.717) is 0 Å². The normalized spacial score (nSPS) is 14.6. The summed E-state index contributed by atoms with van der Waals surface area (Å²) < 4.78 is 0. The maximum Gasteiger partial charge on any atom is 0.0452 e. The van der Waals surface area contributed by atoms with Crippen LogP contribution in [0.4, 0.5) is 0 Å². The first-order valence-electron chi connectivity index (χ1n) is 24.1. The van der Waals surface area contributed by atoms with Crippen molar-refractivity contribution in [3.63, 3.8) is 0 Å². The largest absolute Gasteiger partial charge is 0.134 e. The Balaban J connectivity index is 1.33. The highest BCUT2D eigenvalue weighted by Crippen LogP contribution is 2.62. The molecule has 0 radical (unpaired) electrons. The average molecular weight is 791 g/mol. The van der Waals surface area contributed by atoms with Gasteiger partial charge in [-0.25, -0.2) is 0 Å². The Hall–Kier alpha value is -2.16. The van der Waals surface area contributed by atoms with Crippen molar-refractivity contribution in [2.75, 3.05) is 0 Å². The van der Waals surface area contributed by atoms with E-state index in [-0.39, 0.29) is 10.8 Å². The Kier molecular flexibility index (Phi) is 17.3. The summed E-state index contributed by atoms with van der Waals surface area (Å²) in [5, 5.41) is 0. The molecular weight excluding hydrogens is 713 g/mol. The first-order valence-corrected chi connectivity index (χ1v) is 25.8. The minimum absolute atomic E-state index is 0.169. The zero-order valence-electron chi connectivity index (χ0n) is 36.4. The van der Waals surface area contributed by atoms with Crippen LogP contribution < -0.4 is 0 Å². The summed E-state index contributed by atoms with van der Waals surface area (Å²) in [6.45, 7) is 9.36. The van der Waals surface area contributed by atoms with Crippen molar-refractivity contribution in [3.05, 3.63) is 82.9 Å². The summed E-state index contributed by atoms with van der Waals surface area (Å²) in [5.74, 6) is 0. The molecule has 2 aliphatic carbocycles. The van der Waals surface area contributed by atoms with Gasteiger partial charge in [0.1, 0.15) is 0 Å². The Morgan fingerprint density at radius 1 is 0.339 bits per heavy atom. The van der Waals surface area contributed by atoms with Crippen molar-refractivity contribution in [3.8, 4) is 30.6 Å². The first kappa shape index (κ1) is 43.4. The Bertz CT molecular complexity index is 1570. The molecule has 0 atom stereocenters. The molecule has 0 bridgehead atoms. The minimum Gasteiger partial charge on any atom is -0.134 e. The molecule has 2 heterocycles. The smallest absolute Gasteiger partial charge is 0.0452 e. The summed E-state index contributed by atoms with van der Waals surface area (Å²) in [4.78, 5) is 6.24. The van der Waals surface area contributed by atoms with Gasteiger partial charge >= 0.3 is 0 Å². The fourth-order valence-electron chi connectivity index (χ4n) is 10.8. The highest BCUT2D eigenvalue weighted by Gasteiger charge is 2.46. The van der Waals surface area contributed by atoms with Gasteiger partial charge in [-0.1, -0.05) is 230 Å². The SMILES string of the molecule is CCCCCCCCC1(CCCCCCCC)c2ccccc2-c2sc(-c3cc4c(s3)-c3ccccc3C4(CCCCCCCC)CCCCCCCC)cc21. The van der Waals surface area contributed by atoms with Gasteiger partial charge in [0.25, 0.3) is 0 Å². The molecule has 0 saturated carbocycles. The van der Waals surface area contributed by atoms with E-state index < -0.39 is 0 Å². The zero-order chi connectivity index (χ0) is 39.1. The Labute approximate surface area is 352 Å². The lowest BCUT2D eigenvalue weighted by molar-refractivity contribution is 0.398. The molecule has 2 aliphatic rings. The lowest BCUT2D eigenvalue weighted by Gasteiger charge is -2.32. The second kappa shape index (κ2) is 22.3. The van der Waals surface area contributed by atoms with E-state index in [0.717, 1.165) is 0 Å². The second-order valence-corrected chi connectivity index (χ2v) is 20.1. The van der Waals surface area contributed by atoms with Gasteiger partial charge in [0.15, 0.2) is 0 Å². The third kappa shape index (κ3) is 9.99. The van der Waals surface area contributed by atoms with Gasteiger partial charge in [0, 0.05) is 30.3 Å². The Morgan fingerprint density at radius 2 is 0.625 bits per heavy atom. The number of thiophene rings is 2. The highest BCUT2D eigenvalue weighted by molar-refractivity contribution is 7.25. The molecule has 2 aromatic heterocycles. The number of benzene rings is 2. The van der Waals surface area contributed by atoms with Crippen LogP contribution in [0.1, 0.15) is 230 Å². The zero-order valence-corrected chi connectivity index (χ0v) is 38.0. The minimum atomic E-state index is 0.169. The molecule has 0 N–H and O–H groups in total. The number of fused-ring (bicyclic) bond motifs is 6. The molecule has 4 aromatic rings. The van der Waals surface area contributed by atoms with Crippen LogP contribution in [-0.2, 0) is 10.8 Å². The van der Waals surface area contributed by atoms with Crippen molar-refractivity contribution in [2.45, 2.75) is 218 Å². The first-order chi connectivity index (χ1) is 27.6. The topological polar surface area (TPSA) is 0 Å². The van der Waals surface area contributed by atoms with Crippen LogP contribution in [0.15, 0.2) is 60.7 Å². The third-order valence-electron chi connectivity index (χ3n) is 13.9. The number of hydrogen-bond donors (Lipinski definition) is 0. The van der Waals surface area contributed by atoms with Gasteiger partial charge in [-0.2, -0.15) is 0 Å². The predicted molar refractivity (Wildman–Crippen MR) is 252 cm³/mol. The quantitative estimate of drug-likeness (QED) is 0.0481. The van der Waals surface area contributed by atoms with Crippen molar-refractivity contribution in [1.29, 1.82) is 0 Å². The number of unbranched alkanes of at least 4 members (excludes halogenated alkanes) is 20. The molecule has 56 heavy (non-hydrogen) atoms. The predicted octanol–water partition coefficient (Wildman–Crippen LogP) is 19.0. The molecule has 0 nitrogen and oxygen atoms in total. The molecule has 2 aromatic carbocycles. The lowest BCUT2D eigenvalue weighted by atomic mass is 9.70. The van der Waals surface area contributed by atoms with Gasteiger partial charge in [-0.05, 0) is 71.2 Å². The van der Waals surface area contributed by atoms with Gasteiger partial charge in [-0.3, -0.25) is 0 Å². The van der Waals surface area contributed by atoms with E-state index in [1.54, 1.807) is 43.1 Å². The molecule has 306 valence electrons. The Morgan fingerprint density at radius 3 is 0.946 bits per heavy atom. The third-order valence-corrected chi connectivity index (χ3v) is 16.5. The number of rotatable bonds is 29. The van der Waals surface area contributed by atoms with Crippen molar-refractivity contribution in [1.82, 2.24) is 0 Å². The van der Waals surface area contributed by atoms with E-state index in [2.05, 4.69) is 111 Å². The molecule has 0 saturated heterocycles. The number of hydrogen-bond acceptors (Lipinski definition) is 2. The summed E-state index contributed by atoms with van der Waals surface area (Å²) in [6.07, 6.45) is 38.2. The van der Waals surface area contributed by atoms with Crippen LogP contribution >= 0.6 is 22.7 Å². The van der Waals surface area contributed by atoms with Crippen LogP contribution in [0, 0.1) is 0 Å². The molecule has 0 fully saturated rings. The standard InChI is InChI=1S/C54H78S2/c1-5-9-13-17-21-29-37-53(38-30-22-18-14-10-6-2)45-35-27-25-33-43(45)51-47(53)41-49(55-51)50-42-48-52(56-50)44-34-26-28-36-46(44)54(48,39-31-23-19-15-11-7-3)40-32-24-20-16-12-8-4/h25-28,33-36,41-42H,5-24,29-32,37-40H2,1-4H3. The molecule has 0 amide bonds. The van der Waals surface area contributed by atoms with E-state index >= 15 is 0 Å². The van der Waals surface area contributed by atoms with E-state index in [9.17, 15) is 0 Å². The van der Waals surface area contributed by atoms with Crippen LogP contribution in [-0.4, -0.2) is 0 Å². The molecule has 0 unspecified atom stereocenters. The van der Waals surface area contributed by atoms with Gasteiger partial charge in [-0.15, -0.1) is 22.7 Å². The van der Waals surface area contributed by atoms with Crippen molar-refractivity contribution >= 4 is 22.7 Å². The summed E-state index contributed by atoms with van der Waals surface area (Å²) in [5.41, 5.74) is 10.1. The summed E-state index contributed by atoms with van der Waals surface area (Å²) in [7, 11) is 0.